The highest BCUT2D eigenvalue weighted by molar-refractivity contribution is 5.80. The van der Waals surface area contributed by atoms with Crippen LogP contribution in [0.5, 0.6) is 0 Å². The minimum atomic E-state index is -0.384. The molecule has 0 bridgehead atoms. The zero-order chi connectivity index (χ0) is 17.2. The molecule has 1 atom stereocenters. The van der Waals surface area contributed by atoms with Gasteiger partial charge in [-0.3, -0.25) is 4.98 Å². The van der Waals surface area contributed by atoms with Gasteiger partial charge >= 0.3 is 6.03 Å². The van der Waals surface area contributed by atoms with E-state index >= 15 is 0 Å². The van der Waals surface area contributed by atoms with E-state index in [1.807, 2.05) is 12.1 Å². The molecular weight excluding hydrogens is 323 g/mol. The lowest BCUT2D eigenvalue weighted by molar-refractivity contribution is 0.235. The van der Waals surface area contributed by atoms with Crippen LogP contribution in [-0.2, 0) is 6.54 Å². The van der Waals surface area contributed by atoms with E-state index in [0.717, 1.165) is 18.4 Å². The summed E-state index contributed by atoms with van der Waals surface area (Å²) in [6.45, 7) is 0.207. The number of urea groups is 1. The molecule has 0 aliphatic heterocycles. The summed E-state index contributed by atoms with van der Waals surface area (Å²) in [4.78, 5) is 16.3. The van der Waals surface area contributed by atoms with Crippen LogP contribution in [-0.4, -0.2) is 16.2 Å². The normalized spacial score (nSPS) is 15.1. The Balaban J connectivity index is 1.41. The quantitative estimate of drug-likeness (QED) is 0.747. The molecule has 0 spiro atoms. The number of hydrogen-bond acceptors (Lipinski definition) is 4. The number of amides is 2. The van der Waals surface area contributed by atoms with Gasteiger partial charge in [-0.1, -0.05) is 5.16 Å². The van der Waals surface area contributed by atoms with E-state index in [4.69, 9.17) is 4.52 Å². The molecular formula is C18H17FN4O2. The van der Waals surface area contributed by atoms with E-state index < -0.39 is 0 Å². The maximum Gasteiger partial charge on any atom is 0.315 e. The first-order valence-electron chi connectivity index (χ1n) is 8.19. The average molecular weight is 340 g/mol. The van der Waals surface area contributed by atoms with Crippen LogP contribution in [0.3, 0.4) is 0 Å². The molecule has 4 rings (SSSR count). The first-order valence-corrected chi connectivity index (χ1v) is 8.19. The molecule has 0 radical (unpaired) electrons. The molecule has 1 unspecified atom stereocenters. The van der Waals surface area contributed by atoms with Crippen LogP contribution in [0.2, 0.25) is 0 Å². The molecule has 2 N–H and O–H groups in total. The highest BCUT2D eigenvalue weighted by atomic mass is 19.1. The highest BCUT2D eigenvalue weighted by Gasteiger charge is 2.33. The van der Waals surface area contributed by atoms with Gasteiger partial charge in [0.05, 0.1) is 12.6 Å². The summed E-state index contributed by atoms with van der Waals surface area (Å²) in [5, 5.41) is 10.4. The molecule has 2 amide bonds. The predicted molar refractivity (Wildman–Crippen MR) is 89.0 cm³/mol. The monoisotopic (exact) mass is 340 g/mol. The number of pyridine rings is 1. The Kier molecular flexibility index (Phi) is 4.05. The van der Waals surface area contributed by atoms with Crippen molar-refractivity contribution >= 4 is 17.0 Å². The summed E-state index contributed by atoms with van der Waals surface area (Å²) in [6, 6.07) is 7.76. The second-order valence-electron chi connectivity index (χ2n) is 6.19. The number of carbonyl (C=O) groups is 1. The Morgan fingerprint density at radius 1 is 1.28 bits per heavy atom. The molecule has 25 heavy (non-hydrogen) atoms. The Hall–Kier alpha value is -2.96. The fraction of sp³-hybridized carbons (Fsp3) is 0.278. The number of aromatic nitrogens is 2. The molecule has 128 valence electrons. The van der Waals surface area contributed by atoms with Crippen molar-refractivity contribution in [1.82, 2.24) is 20.8 Å². The third-order valence-corrected chi connectivity index (χ3v) is 4.37. The van der Waals surface area contributed by atoms with Gasteiger partial charge < -0.3 is 15.2 Å². The Bertz CT molecular complexity index is 892. The summed E-state index contributed by atoms with van der Waals surface area (Å²) in [6.07, 6.45) is 5.66. The van der Waals surface area contributed by atoms with Crippen molar-refractivity contribution in [2.24, 2.45) is 5.92 Å². The van der Waals surface area contributed by atoms with Crippen molar-refractivity contribution in [3.63, 3.8) is 0 Å². The first kappa shape index (κ1) is 15.6. The number of rotatable bonds is 5. The molecule has 1 aliphatic rings. The fourth-order valence-corrected chi connectivity index (χ4v) is 2.92. The largest absolute Gasteiger partial charge is 0.356 e. The zero-order valence-electron chi connectivity index (χ0n) is 13.4. The number of fused-ring (bicyclic) bond motifs is 1. The van der Waals surface area contributed by atoms with Crippen molar-refractivity contribution in [3.05, 3.63) is 59.8 Å². The SMILES string of the molecule is O=C(NCc1noc2cc(F)ccc12)NC(c1ccncc1)C1CC1. The summed E-state index contributed by atoms with van der Waals surface area (Å²) in [5.74, 6) is 0.0783. The van der Waals surface area contributed by atoms with Crippen LogP contribution >= 0.6 is 0 Å². The molecule has 1 aliphatic carbocycles. The van der Waals surface area contributed by atoms with Crippen LogP contribution < -0.4 is 10.6 Å². The van der Waals surface area contributed by atoms with Crippen LogP contribution in [0.1, 0.15) is 30.1 Å². The molecule has 1 aromatic carbocycles. The minimum Gasteiger partial charge on any atom is -0.356 e. The van der Waals surface area contributed by atoms with Crippen molar-refractivity contribution < 1.29 is 13.7 Å². The third-order valence-electron chi connectivity index (χ3n) is 4.37. The standard InChI is InChI=1S/C18H17FN4O2/c19-13-3-4-14-15(23-25-16(14)9-13)10-21-18(24)22-17(11-1-2-11)12-5-7-20-8-6-12/h3-9,11,17H,1-2,10H2,(H2,21,22,24). The van der Waals surface area contributed by atoms with E-state index in [-0.39, 0.29) is 24.4 Å². The van der Waals surface area contributed by atoms with Gasteiger partial charge in [0.2, 0.25) is 0 Å². The Morgan fingerprint density at radius 3 is 2.84 bits per heavy atom. The highest BCUT2D eigenvalue weighted by Crippen LogP contribution is 2.40. The molecule has 1 saturated carbocycles. The van der Waals surface area contributed by atoms with Gasteiger partial charge in [-0.15, -0.1) is 0 Å². The Labute approximate surface area is 143 Å². The summed E-state index contributed by atoms with van der Waals surface area (Å²) >= 11 is 0. The van der Waals surface area contributed by atoms with Gasteiger partial charge in [-0.05, 0) is 48.6 Å². The van der Waals surface area contributed by atoms with Crippen LogP contribution in [0, 0.1) is 11.7 Å². The van der Waals surface area contributed by atoms with Gasteiger partial charge in [0.1, 0.15) is 11.5 Å². The lowest BCUT2D eigenvalue weighted by Gasteiger charge is -2.18. The number of nitrogens with zero attached hydrogens (tertiary/aromatic N) is 2. The van der Waals surface area contributed by atoms with E-state index in [1.165, 1.54) is 12.1 Å². The number of halogens is 1. The summed E-state index contributed by atoms with van der Waals surface area (Å²) < 4.78 is 18.3. The zero-order valence-corrected chi connectivity index (χ0v) is 13.4. The van der Waals surface area contributed by atoms with E-state index in [1.54, 1.807) is 18.5 Å². The summed E-state index contributed by atoms with van der Waals surface area (Å²) in [7, 11) is 0. The van der Waals surface area contributed by atoms with E-state index in [9.17, 15) is 9.18 Å². The molecule has 0 saturated heterocycles. The van der Waals surface area contributed by atoms with E-state index in [0.29, 0.717) is 22.6 Å². The smallest absolute Gasteiger partial charge is 0.315 e. The van der Waals surface area contributed by atoms with Gasteiger partial charge in [0, 0.05) is 23.8 Å². The topological polar surface area (TPSA) is 80.0 Å². The predicted octanol–water partition coefficient (Wildman–Crippen LogP) is 3.31. The number of hydrogen-bond donors (Lipinski definition) is 2. The van der Waals surface area contributed by atoms with Gasteiger partial charge in [0.15, 0.2) is 5.58 Å². The van der Waals surface area contributed by atoms with Crippen LogP contribution in [0.4, 0.5) is 9.18 Å². The molecule has 2 aromatic heterocycles. The van der Waals surface area contributed by atoms with Gasteiger partial charge in [-0.25, -0.2) is 9.18 Å². The van der Waals surface area contributed by atoms with Crippen molar-refractivity contribution in [2.75, 3.05) is 0 Å². The van der Waals surface area contributed by atoms with Gasteiger partial charge in [-0.2, -0.15) is 0 Å². The van der Waals surface area contributed by atoms with Crippen LogP contribution in [0.25, 0.3) is 11.0 Å². The second kappa shape index (κ2) is 6.51. The van der Waals surface area contributed by atoms with Crippen LogP contribution in [0.15, 0.2) is 47.2 Å². The molecule has 3 aromatic rings. The lowest BCUT2D eigenvalue weighted by atomic mass is 10.0. The first-order chi connectivity index (χ1) is 12.2. The molecule has 7 heteroatoms. The lowest BCUT2D eigenvalue weighted by Crippen LogP contribution is -2.38. The van der Waals surface area contributed by atoms with E-state index in [2.05, 4.69) is 20.8 Å². The maximum absolute atomic E-state index is 13.2. The van der Waals surface area contributed by atoms with Crippen molar-refractivity contribution in [1.29, 1.82) is 0 Å². The number of benzene rings is 1. The molecule has 1 fully saturated rings. The summed E-state index contributed by atoms with van der Waals surface area (Å²) in [5.41, 5.74) is 1.98. The second-order valence-corrected chi connectivity index (χ2v) is 6.19. The molecule has 2 heterocycles. The van der Waals surface area contributed by atoms with Crippen molar-refractivity contribution in [3.8, 4) is 0 Å². The number of nitrogens with one attached hydrogen (secondary N) is 2. The Morgan fingerprint density at radius 2 is 2.08 bits per heavy atom. The third kappa shape index (κ3) is 3.45. The maximum atomic E-state index is 13.2. The minimum absolute atomic E-state index is 0.0221. The van der Waals surface area contributed by atoms with Gasteiger partial charge in [0.25, 0.3) is 0 Å². The fourth-order valence-electron chi connectivity index (χ4n) is 2.92. The average Bonchev–Trinajstić information content (AvgIpc) is 3.39. The molecule has 6 nitrogen and oxygen atoms in total. The number of carbonyl (C=O) groups excluding carboxylic acids is 1. The van der Waals surface area contributed by atoms with Crippen molar-refractivity contribution in [2.45, 2.75) is 25.4 Å².